The van der Waals surface area contributed by atoms with Gasteiger partial charge in [-0.1, -0.05) is 43.0 Å². The first kappa shape index (κ1) is 22.0. The minimum atomic E-state index is -0.252. The van der Waals surface area contributed by atoms with Gasteiger partial charge in [-0.05, 0) is 60.9 Å². The molecule has 4 rings (SSSR count). The Morgan fingerprint density at radius 2 is 1.81 bits per heavy atom. The summed E-state index contributed by atoms with van der Waals surface area (Å²) in [6.07, 6.45) is 2.65. The average Bonchev–Trinajstić information content (AvgIpc) is 3.16. The Morgan fingerprint density at radius 3 is 2.53 bits per heavy atom. The van der Waals surface area contributed by atoms with Crippen LogP contribution in [0.4, 0.5) is 4.39 Å². The molecular formula is C25H25FN4OS. The van der Waals surface area contributed by atoms with Crippen molar-refractivity contribution in [3.8, 4) is 0 Å². The molecule has 0 saturated heterocycles. The van der Waals surface area contributed by atoms with Gasteiger partial charge in [-0.15, -0.1) is 0 Å². The van der Waals surface area contributed by atoms with Crippen molar-refractivity contribution < 1.29 is 9.18 Å². The fourth-order valence-corrected chi connectivity index (χ4v) is 4.23. The number of amides is 1. The van der Waals surface area contributed by atoms with Crippen molar-refractivity contribution in [2.75, 3.05) is 0 Å². The van der Waals surface area contributed by atoms with E-state index >= 15 is 0 Å². The molecule has 0 aliphatic rings. The number of thioether (sulfide) groups is 1. The van der Waals surface area contributed by atoms with Gasteiger partial charge in [-0.2, -0.15) is 0 Å². The summed E-state index contributed by atoms with van der Waals surface area (Å²) in [5, 5.41) is 3.83. The van der Waals surface area contributed by atoms with E-state index in [1.807, 2.05) is 50.2 Å². The zero-order valence-corrected chi connectivity index (χ0v) is 18.9. The number of hydrogen-bond donors (Lipinski definition) is 1. The molecule has 0 spiro atoms. The molecule has 32 heavy (non-hydrogen) atoms. The molecule has 1 atom stereocenters. The Morgan fingerprint density at radius 1 is 1.09 bits per heavy atom. The van der Waals surface area contributed by atoms with Gasteiger partial charge in [0.2, 0.25) is 0 Å². The minimum Gasteiger partial charge on any atom is -0.350 e. The third-order valence-electron chi connectivity index (χ3n) is 5.30. The van der Waals surface area contributed by atoms with Crippen LogP contribution in [0.25, 0.3) is 11.2 Å². The standard InChI is InChI=1S/C25H25FN4OS/c1-3-17(2)28-24(31)20-10-6-19(7-11-20)16-32-25-29-22-5-4-14-27-23(22)30(25)15-18-8-12-21(26)13-9-18/h4-14,17H,3,15-16H2,1-2H3,(H,28,31). The number of nitrogens with one attached hydrogen (secondary N) is 1. The summed E-state index contributed by atoms with van der Waals surface area (Å²) in [6.45, 7) is 4.60. The highest BCUT2D eigenvalue weighted by Gasteiger charge is 2.14. The molecule has 7 heteroatoms. The third-order valence-corrected chi connectivity index (χ3v) is 6.34. The molecule has 0 fully saturated rings. The quantitative estimate of drug-likeness (QED) is 0.365. The van der Waals surface area contributed by atoms with Crippen molar-refractivity contribution in [1.82, 2.24) is 19.9 Å². The maximum atomic E-state index is 13.3. The van der Waals surface area contributed by atoms with Crippen molar-refractivity contribution >= 4 is 28.8 Å². The van der Waals surface area contributed by atoms with Gasteiger partial charge >= 0.3 is 0 Å². The Hall–Kier alpha value is -3.19. The second-order valence-electron chi connectivity index (χ2n) is 7.72. The van der Waals surface area contributed by atoms with Crippen LogP contribution in [-0.2, 0) is 12.3 Å². The Balaban J connectivity index is 1.50. The maximum absolute atomic E-state index is 13.3. The normalized spacial score (nSPS) is 12.1. The average molecular weight is 449 g/mol. The monoisotopic (exact) mass is 448 g/mol. The van der Waals surface area contributed by atoms with Crippen molar-refractivity contribution in [1.29, 1.82) is 0 Å². The van der Waals surface area contributed by atoms with Crippen LogP contribution in [0.5, 0.6) is 0 Å². The molecule has 164 valence electrons. The van der Waals surface area contributed by atoms with Crippen LogP contribution < -0.4 is 5.32 Å². The Bertz CT molecular complexity index is 1210. The van der Waals surface area contributed by atoms with E-state index in [1.165, 1.54) is 12.1 Å². The fourth-order valence-electron chi connectivity index (χ4n) is 3.27. The molecule has 2 heterocycles. The molecule has 1 N–H and O–H groups in total. The summed E-state index contributed by atoms with van der Waals surface area (Å²) >= 11 is 1.61. The van der Waals surface area contributed by atoms with Gasteiger partial charge in [0.05, 0.1) is 6.54 Å². The summed E-state index contributed by atoms with van der Waals surface area (Å²) in [6, 6.07) is 18.1. The first-order valence-electron chi connectivity index (χ1n) is 10.6. The second-order valence-corrected chi connectivity index (χ2v) is 8.66. The van der Waals surface area contributed by atoms with Gasteiger partial charge in [0.15, 0.2) is 10.8 Å². The van der Waals surface area contributed by atoms with Crippen LogP contribution in [0, 0.1) is 5.82 Å². The molecule has 0 saturated carbocycles. The lowest BCUT2D eigenvalue weighted by molar-refractivity contribution is 0.0939. The number of carbonyl (C=O) groups excluding carboxylic acids is 1. The lowest BCUT2D eigenvalue weighted by Gasteiger charge is -2.11. The zero-order valence-electron chi connectivity index (χ0n) is 18.1. The fraction of sp³-hybridized carbons (Fsp3) is 0.240. The number of pyridine rings is 1. The predicted molar refractivity (Wildman–Crippen MR) is 126 cm³/mol. The summed E-state index contributed by atoms with van der Waals surface area (Å²) in [5.41, 5.74) is 4.37. The van der Waals surface area contributed by atoms with Crippen molar-refractivity contribution in [2.24, 2.45) is 0 Å². The molecule has 0 aliphatic carbocycles. The molecule has 1 unspecified atom stereocenters. The first-order valence-corrected chi connectivity index (χ1v) is 11.6. The first-order chi connectivity index (χ1) is 15.5. The number of fused-ring (bicyclic) bond motifs is 1. The number of rotatable bonds is 8. The van der Waals surface area contributed by atoms with Crippen molar-refractivity contribution in [3.05, 3.63) is 89.4 Å². The van der Waals surface area contributed by atoms with Crippen LogP contribution in [0.15, 0.2) is 72.0 Å². The molecule has 1 amide bonds. The summed E-state index contributed by atoms with van der Waals surface area (Å²) in [7, 11) is 0. The highest BCUT2D eigenvalue weighted by atomic mass is 32.2. The van der Waals surface area contributed by atoms with Crippen LogP contribution in [0.3, 0.4) is 0 Å². The van der Waals surface area contributed by atoms with Crippen molar-refractivity contribution in [2.45, 2.75) is 43.8 Å². The molecule has 0 bridgehead atoms. The van der Waals surface area contributed by atoms with E-state index in [-0.39, 0.29) is 17.8 Å². The van der Waals surface area contributed by atoms with E-state index in [0.29, 0.717) is 17.9 Å². The molecule has 0 radical (unpaired) electrons. The van der Waals surface area contributed by atoms with Crippen LogP contribution in [0.1, 0.15) is 41.8 Å². The van der Waals surface area contributed by atoms with Gasteiger partial charge in [0, 0.05) is 23.6 Å². The SMILES string of the molecule is CCC(C)NC(=O)c1ccc(CSc2nc3cccnc3n2Cc2ccc(F)cc2)cc1. The van der Waals surface area contributed by atoms with Gasteiger partial charge in [-0.25, -0.2) is 14.4 Å². The smallest absolute Gasteiger partial charge is 0.251 e. The Kier molecular flexibility index (Phi) is 6.85. The van der Waals surface area contributed by atoms with Crippen LogP contribution in [0.2, 0.25) is 0 Å². The van der Waals surface area contributed by atoms with E-state index in [9.17, 15) is 9.18 Å². The number of benzene rings is 2. The van der Waals surface area contributed by atoms with E-state index < -0.39 is 0 Å². The molecule has 2 aromatic carbocycles. The topological polar surface area (TPSA) is 59.8 Å². The number of halogens is 1. The van der Waals surface area contributed by atoms with E-state index in [1.54, 1.807) is 30.1 Å². The predicted octanol–water partition coefficient (Wildman–Crippen LogP) is 5.44. The zero-order chi connectivity index (χ0) is 22.5. The van der Waals surface area contributed by atoms with Gasteiger partial charge in [0.25, 0.3) is 5.91 Å². The summed E-state index contributed by atoms with van der Waals surface area (Å²) < 4.78 is 15.4. The number of aromatic nitrogens is 3. The second kappa shape index (κ2) is 9.96. The van der Waals surface area contributed by atoms with E-state index in [2.05, 4.69) is 14.9 Å². The molecule has 0 aliphatic heterocycles. The number of imidazole rings is 1. The number of hydrogen-bond acceptors (Lipinski definition) is 4. The third kappa shape index (κ3) is 5.16. The molecule has 5 nitrogen and oxygen atoms in total. The lowest BCUT2D eigenvalue weighted by atomic mass is 10.1. The lowest BCUT2D eigenvalue weighted by Crippen LogP contribution is -2.31. The number of nitrogens with zero attached hydrogens (tertiary/aromatic N) is 3. The highest BCUT2D eigenvalue weighted by molar-refractivity contribution is 7.98. The van der Waals surface area contributed by atoms with E-state index in [0.717, 1.165) is 33.9 Å². The Labute approximate surface area is 191 Å². The number of carbonyl (C=O) groups is 1. The molecule has 4 aromatic rings. The molecule has 2 aromatic heterocycles. The minimum absolute atomic E-state index is 0.0503. The summed E-state index contributed by atoms with van der Waals surface area (Å²) in [5.74, 6) is 0.406. The maximum Gasteiger partial charge on any atom is 0.251 e. The van der Waals surface area contributed by atoms with E-state index in [4.69, 9.17) is 4.98 Å². The van der Waals surface area contributed by atoms with Gasteiger partial charge in [-0.3, -0.25) is 9.36 Å². The highest BCUT2D eigenvalue weighted by Crippen LogP contribution is 2.27. The van der Waals surface area contributed by atoms with Gasteiger partial charge < -0.3 is 5.32 Å². The summed E-state index contributed by atoms with van der Waals surface area (Å²) in [4.78, 5) is 21.5. The van der Waals surface area contributed by atoms with Gasteiger partial charge in [0.1, 0.15) is 11.3 Å². The van der Waals surface area contributed by atoms with Crippen LogP contribution in [-0.4, -0.2) is 26.5 Å². The largest absolute Gasteiger partial charge is 0.350 e. The molecular weight excluding hydrogens is 423 g/mol. The van der Waals surface area contributed by atoms with Crippen LogP contribution >= 0.6 is 11.8 Å². The van der Waals surface area contributed by atoms with Crippen molar-refractivity contribution in [3.63, 3.8) is 0 Å².